The quantitative estimate of drug-likeness (QED) is 0.331. The molecule has 0 atom stereocenters. The van der Waals surface area contributed by atoms with Crippen LogP contribution in [0.4, 0.5) is 4.39 Å². The van der Waals surface area contributed by atoms with Gasteiger partial charge in [-0.3, -0.25) is 0 Å². The maximum atomic E-state index is 13.5. The minimum absolute atomic E-state index is 0.238. The molecule has 0 radical (unpaired) electrons. The monoisotopic (exact) mass is 429 g/mol. The predicted molar refractivity (Wildman–Crippen MR) is 117 cm³/mol. The van der Waals surface area contributed by atoms with E-state index in [1.165, 1.54) is 12.1 Å². The number of carbonyl (C=O) groups is 1. The van der Waals surface area contributed by atoms with Gasteiger partial charge in [-0.2, -0.15) is 0 Å². The van der Waals surface area contributed by atoms with Gasteiger partial charge in [0.2, 0.25) is 5.75 Å². The Morgan fingerprint density at radius 1 is 0.968 bits per heavy atom. The maximum Gasteiger partial charge on any atom is 0.338 e. The summed E-state index contributed by atoms with van der Waals surface area (Å²) in [7, 11) is 0. The Labute approximate surface area is 181 Å². The first-order chi connectivity index (χ1) is 15.1. The third-order valence-corrected chi connectivity index (χ3v) is 4.70. The zero-order valence-corrected chi connectivity index (χ0v) is 18.1. The number of aryl methyl sites for hydroxylation is 1. The third-order valence-electron chi connectivity index (χ3n) is 4.70. The van der Waals surface area contributed by atoms with Crippen LogP contribution in [0.2, 0.25) is 0 Å². The van der Waals surface area contributed by atoms with E-state index in [4.69, 9.17) is 18.9 Å². The fraction of sp³-hybridized carbons (Fsp3) is 0.375. The molecule has 1 N–H and O–H groups in total. The summed E-state index contributed by atoms with van der Waals surface area (Å²) in [5.74, 6) is 0.640. The number of rotatable bonds is 11. The second-order valence-corrected chi connectivity index (χ2v) is 6.84. The van der Waals surface area contributed by atoms with Gasteiger partial charge in [0.15, 0.2) is 11.5 Å². The molecule has 0 saturated carbocycles. The van der Waals surface area contributed by atoms with Crippen molar-refractivity contribution in [1.29, 1.82) is 0 Å². The number of aromatic nitrogens is 1. The van der Waals surface area contributed by atoms with E-state index in [1.807, 2.05) is 27.0 Å². The second-order valence-electron chi connectivity index (χ2n) is 6.84. The zero-order valence-electron chi connectivity index (χ0n) is 18.1. The molecule has 0 aliphatic heterocycles. The molecule has 0 aliphatic carbocycles. The molecule has 166 valence electrons. The highest BCUT2D eigenvalue weighted by atomic mass is 19.1. The van der Waals surface area contributed by atoms with Crippen molar-refractivity contribution in [3.05, 3.63) is 53.5 Å². The lowest BCUT2D eigenvalue weighted by Crippen LogP contribution is -2.10. The smallest absolute Gasteiger partial charge is 0.338 e. The number of esters is 1. The second kappa shape index (κ2) is 10.7. The highest BCUT2D eigenvalue weighted by molar-refractivity contribution is 5.91. The van der Waals surface area contributed by atoms with Gasteiger partial charge in [-0.05, 0) is 69.5 Å². The van der Waals surface area contributed by atoms with Gasteiger partial charge in [-0.25, -0.2) is 9.18 Å². The largest absolute Gasteiger partial charge is 0.490 e. The van der Waals surface area contributed by atoms with Gasteiger partial charge >= 0.3 is 5.97 Å². The number of aromatic amines is 1. The average molecular weight is 429 g/mol. The highest BCUT2D eigenvalue weighted by Gasteiger charge is 2.19. The molecule has 1 heterocycles. The Bertz CT molecular complexity index is 1000. The minimum atomic E-state index is -0.463. The van der Waals surface area contributed by atoms with Crippen LogP contribution in [0.5, 0.6) is 17.2 Å². The number of H-pyrrole nitrogens is 1. The summed E-state index contributed by atoms with van der Waals surface area (Å²) in [5.41, 5.74) is 2.21. The summed E-state index contributed by atoms with van der Waals surface area (Å²) in [6, 6.07) is 7.88. The van der Waals surface area contributed by atoms with Crippen molar-refractivity contribution in [3.8, 4) is 17.2 Å². The Morgan fingerprint density at radius 2 is 1.65 bits per heavy atom. The summed E-state index contributed by atoms with van der Waals surface area (Å²) in [6.45, 7) is 7.12. The number of halogens is 1. The van der Waals surface area contributed by atoms with Crippen molar-refractivity contribution < 1.29 is 28.1 Å². The number of nitrogens with one attached hydrogen (secondary N) is 1. The number of hydrogen-bond acceptors (Lipinski definition) is 5. The van der Waals surface area contributed by atoms with Crippen molar-refractivity contribution in [1.82, 2.24) is 4.98 Å². The van der Waals surface area contributed by atoms with Gasteiger partial charge in [0.05, 0.1) is 32.0 Å². The molecule has 0 saturated heterocycles. The van der Waals surface area contributed by atoms with Crippen LogP contribution in [0.1, 0.15) is 43.1 Å². The normalized spacial score (nSPS) is 10.8. The summed E-state index contributed by atoms with van der Waals surface area (Å²) in [5, 5.41) is 0.848. The van der Waals surface area contributed by atoms with E-state index >= 15 is 0 Å². The Morgan fingerprint density at radius 3 is 2.29 bits per heavy atom. The number of fused-ring (bicyclic) bond motifs is 1. The Balaban J connectivity index is 1.65. The molecule has 0 bridgehead atoms. The lowest BCUT2D eigenvalue weighted by Gasteiger charge is -2.16. The molecule has 3 aromatic rings. The van der Waals surface area contributed by atoms with Crippen LogP contribution in [-0.4, -0.2) is 37.4 Å². The van der Waals surface area contributed by atoms with Crippen LogP contribution in [0.3, 0.4) is 0 Å². The average Bonchev–Trinajstić information content (AvgIpc) is 3.15. The minimum Gasteiger partial charge on any atom is -0.490 e. The molecule has 0 amide bonds. The van der Waals surface area contributed by atoms with Crippen molar-refractivity contribution in [2.24, 2.45) is 0 Å². The van der Waals surface area contributed by atoms with Gasteiger partial charge < -0.3 is 23.9 Å². The first kappa shape index (κ1) is 22.5. The first-order valence-corrected chi connectivity index (χ1v) is 10.6. The third kappa shape index (κ3) is 5.48. The molecular weight excluding hydrogens is 401 g/mol. The van der Waals surface area contributed by atoms with Crippen LogP contribution < -0.4 is 14.2 Å². The maximum absolute atomic E-state index is 13.5. The van der Waals surface area contributed by atoms with Crippen molar-refractivity contribution in [3.63, 3.8) is 0 Å². The summed E-state index contributed by atoms with van der Waals surface area (Å²) in [6.07, 6.45) is 3.14. The number of benzene rings is 2. The van der Waals surface area contributed by atoms with Crippen LogP contribution in [0.15, 0.2) is 36.5 Å². The van der Waals surface area contributed by atoms with E-state index < -0.39 is 5.97 Å². The summed E-state index contributed by atoms with van der Waals surface area (Å²) >= 11 is 0. The van der Waals surface area contributed by atoms with E-state index in [0.717, 1.165) is 16.5 Å². The molecule has 2 aromatic carbocycles. The van der Waals surface area contributed by atoms with Crippen molar-refractivity contribution >= 4 is 16.9 Å². The van der Waals surface area contributed by atoms with Gasteiger partial charge in [0, 0.05) is 17.1 Å². The summed E-state index contributed by atoms with van der Waals surface area (Å²) in [4.78, 5) is 15.7. The lowest BCUT2D eigenvalue weighted by molar-refractivity contribution is 0.0499. The fourth-order valence-corrected chi connectivity index (χ4v) is 3.37. The highest BCUT2D eigenvalue weighted by Crippen LogP contribution is 2.39. The standard InChI is InChI=1S/C24H28FNO5/c1-4-28-21-12-17(13-22(29-5-2)23(21)30-6-3)24(27)31-11-7-8-16-15-26-20-10-9-18(25)14-19(16)20/h9-10,12-15,26H,4-8,11H2,1-3H3. The number of carbonyl (C=O) groups excluding carboxylic acids is 1. The van der Waals surface area contributed by atoms with E-state index in [-0.39, 0.29) is 12.4 Å². The molecule has 0 spiro atoms. The predicted octanol–water partition coefficient (Wildman–Crippen LogP) is 5.29. The molecule has 6 nitrogen and oxygen atoms in total. The molecule has 1 aromatic heterocycles. The Hall–Kier alpha value is -3.22. The van der Waals surface area contributed by atoms with Crippen molar-refractivity contribution in [2.75, 3.05) is 26.4 Å². The molecule has 0 aliphatic rings. The van der Waals surface area contributed by atoms with Gasteiger partial charge in [-0.15, -0.1) is 0 Å². The van der Waals surface area contributed by atoms with Crippen LogP contribution >= 0.6 is 0 Å². The van der Waals surface area contributed by atoms with Crippen LogP contribution in [0, 0.1) is 5.82 Å². The molecule has 3 rings (SSSR count). The van der Waals surface area contributed by atoms with Crippen molar-refractivity contribution in [2.45, 2.75) is 33.6 Å². The Kier molecular flexibility index (Phi) is 7.76. The lowest BCUT2D eigenvalue weighted by atomic mass is 10.1. The molecule has 31 heavy (non-hydrogen) atoms. The zero-order chi connectivity index (χ0) is 22.2. The van der Waals surface area contributed by atoms with Gasteiger partial charge in [0.1, 0.15) is 5.82 Å². The van der Waals surface area contributed by atoms with Crippen LogP contribution in [0.25, 0.3) is 10.9 Å². The van der Waals surface area contributed by atoms with Gasteiger partial charge in [-0.1, -0.05) is 0 Å². The topological polar surface area (TPSA) is 69.8 Å². The fourth-order valence-electron chi connectivity index (χ4n) is 3.37. The molecule has 7 heteroatoms. The van der Waals surface area contributed by atoms with E-state index in [9.17, 15) is 9.18 Å². The molecule has 0 fully saturated rings. The van der Waals surface area contributed by atoms with Crippen LogP contribution in [-0.2, 0) is 11.2 Å². The van der Waals surface area contributed by atoms with E-state index in [1.54, 1.807) is 18.2 Å². The number of hydrogen-bond donors (Lipinski definition) is 1. The number of ether oxygens (including phenoxy) is 4. The van der Waals surface area contributed by atoms with E-state index in [0.29, 0.717) is 55.5 Å². The molecular formula is C24H28FNO5. The SMILES string of the molecule is CCOc1cc(C(=O)OCCCc2c[nH]c3ccc(F)cc23)cc(OCC)c1OCC. The summed E-state index contributed by atoms with van der Waals surface area (Å²) < 4.78 is 35.9. The first-order valence-electron chi connectivity index (χ1n) is 10.6. The van der Waals surface area contributed by atoms with E-state index in [2.05, 4.69) is 4.98 Å². The molecule has 0 unspecified atom stereocenters. The van der Waals surface area contributed by atoms with Gasteiger partial charge in [0.25, 0.3) is 0 Å².